The second-order valence-electron chi connectivity index (χ2n) is 2.94. The van der Waals surface area contributed by atoms with Crippen molar-refractivity contribution in [3.8, 4) is 21.9 Å². The summed E-state index contributed by atoms with van der Waals surface area (Å²) >= 11 is 1.47. The average molecular weight is 207 g/mol. The molecule has 14 heavy (non-hydrogen) atoms. The molecule has 1 heterocycles. The van der Waals surface area contributed by atoms with Crippen molar-refractivity contribution >= 4 is 17.0 Å². The van der Waals surface area contributed by atoms with E-state index in [1.54, 1.807) is 18.2 Å². The zero-order valence-electron chi connectivity index (χ0n) is 7.27. The first kappa shape index (κ1) is 8.90. The largest absolute Gasteiger partial charge is 0.508 e. The van der Waals surface area contributed by atoms with Crippen LogP contribution in [0.2, 0.25) is 0 Å². The number of hydrogen-bond acceptors (Lipinski definition) is 4. The Kier molecular flexibility index (Phi) is 2.05. The van der Waals surface area contributed by atoms with Gasteiger partial charge in [0.15, 0.2) is 0 Å². The highest BCUT2D eigenvalue weighted by Gasteiger charge is 2.06. The van der Waals surface area contributed by atoms with Crippen molar-refractivity contribution in [1.82, 2.24) is 0 Å². The third kappa shape index (κ3) is 1.52. The van der Waals surface area contributed by atoms with E-state index < -0.39 is 0 Å². The van der Waals surface area contributed by atoms with Crippen LogP contribution < -0.4 is 5.73 Å². The number of phenolic OH excluding ortho intramolecular Hbond substituents is 2. The molecule has 0 aliphatic heterocycles. The number of anilines is 1. The maximum absolute atomic E-state index is 9.29. The number of thiophene rings is 1. The summed E-state index contributed by atoms with van der Waals surface area (Å²) in [5.74, 6) is 0.0700. The number of nitrogen functional groups attached to an aromatic ring is 1. The van der Waals surface area contributed by atoms with Crippen molar-refractivity contribution in [2.75, 3.05) is 5.73 Å². The van der Waals surface area contributed by atoms with Crippen molar-refractivity contribution in [2.24, 2.45) is 0 Å². The van der Waals surface area contributed by atoms with E-state index in [1.807, 2.05) is 5.38 Å². The van der Waals surface area contributed by atoms with Crippen molar-refractivity contribution in [3.05, 3.63) is 29.6 Å². The van der Waals surface area contributed by atoms with Crippen LogP contribution in [0.1, 0.15) is 0 Å². The first-order valence-electron chi connectivity index (χ1n) is 4.03. The molecular formula is C10H9NO2S. The lowest BCUT2D eigenvalue weighted by molar-refractivity contribution is 0.451. The number of phenols is 2. The molecule has 0 aliphatic rings. The summed E-state index contributed by atoms with van der Waals surface area (Å²) in [4.78, 5) is 0.858. The predicted molar refractivity (Wildman–Crippen MR) is 57.5 cm³/mol. The molecular weight excluding hydrogens is 198 g/mol. The van der Waals surface area contributed by atoms with Gasteiger partial charge in [0.25, 0.3) is 0 Å². The quantitative estimate of drug-likeness (QED) is 0.672. The van der Waals surface area contributed by atoms with Gasteiger partial charge >= 0.3 is 0 Å². The molecule has 0 spiro atoms. The third-order valence-corrected chi connectivity index (χ3v) is 2.84. The Morgan fingerprint density at radius 2 is 1.71 bits per heavy atom. The zero-order valence-corrected chi connectivity index (χ0v) is 8.08. The van der Waals surface area contributed by atoms with E-state index in [1.165, 1.54) is 17.4 Å². The lowest BCUT2D eigenvalue weighted by atomic mass is 10.1. The Bertz CT molecular complexity index is 445. The summed E-state index contributed by atoms with van der Waals surface area (Å²) in [6, 6.07) is 6.22. The molecule has 0 unspecified atom stereocenters. The molecule has 3 nitrogen and oxygen atoms in total. The van der Waals surface area contributed by atoms with Crippen LogP contribution in [-0.2, 0) is 0 Å². The molecule has 2 rings (SSSR count). The summed E-state index contributed by atoms with van der Waals surface area (Å²) in [7, 11) is 0. The Labute approximate surface area is 85.1 Å². The van der Waals surface area contributed by atoms with Gasteiger partial charge in [-0.15, -0.1) is 11.3 Å². The fraction of sp³-hybridized carbons (Fsp3) is 0. The molecule has 4 N–H and O–H groups in total. The monoisotopic (exact) mass is 207 g/mol. The molecule has 1 aromatic heterocycles. The fourth-order valence-corrected chi connectivity index (χ4v) is 2.09. The van der Waals surface area contributed by atoms with Crippen LogP contribution >= 0.6 is 11.3 Å². The maximum atomic E-state index is 9.29. The van der Waals surface area contributed by atoms with E-state index in [0.29, 0.717) is 5.69 Å². The molecule has 0 amide bonds. The van der Waals surface area contributed by atoms with E-state index in [2.05, 4.69) is 0 Å². The van der Waals surface area contributed by atoms with Gasteiger partial charge in [-0.05, 0) is 23.6 Å². The van der Waals surface area contributed by atoms with Gasteiger partial charge in [-0.25, -0.2) is 0 Å². The Balaban J connectivity index is 2.57. The second kappa shape index (κ2) is 3.23. The molecule has 0 radical (unpaired) electrons. The standard InChI is InChI=1S/C10H9NO2S/c11-9-1-2-14-10(9)6-3-7(12)5-8(13)4-6/h1-5,12-13H,11H2. The average Bonchev–Trinajstić information content (AvgIpc) is 2.49. The molecule has 0 aliphatic carbocycles. The van der Waals surface area contributed by atoms with Gasteiger partial charge in [0, 0.05) is 11.6 Å². The van der Waals surface area contributed by atoms with Gasteiger partial charge < -0.3 is 15.9 Å². The molecule has 0 saturated carbocycles. The minimum absolute atomic E-state index is 0.0350. The molecule has 72 valence electrons. The topological polar surface area (TPSA) is 66.5 Å². The summed E-state index contributed by atoms with van der Waals surface area (Å²) in [6.45, 7) is 0. The van der Waals surface area contributed by atoms with Gasteiger partial charge in [-0.1, -0.05) is 0 Å². The van der Waals surface area contributed by atoms with Gasteiger partial charge in [0.1, 0.15) is 11.5 Å². The number of benzene rings is 1. The summed E-state index contributed by atoms with van der Waals surface area (Å²) in [6.07, 6.45) is 0. The van der Waals surface area contributed by atoms with E-state index in [0.717, 1.165) is 10.4 Å². The van der Waals surface area contributed by atoms with Gasteiger partial charge in [0.2, 0.25) is 0 Å². The van der Waals surface area contributed by atoms with Crippen molar-refractivity contribution in [3.63, 3.8) is 0 Å². The van der Waals surface area contributed by atoms with Crippen LogP contribution in [-0.4, -0.2) is 10.2 Å². The number of hydrogen-bond donors (Lipinski definition) is 3. The first-order chi connectivity index (χ1) is 6.66. The molecule has 0 atom stereocenters. The minimum atomic E-state index is 0.0350. The van der Waals surface area contributed by atoms with Crippen LogP contribution in [0.15, 0.2) is 29.6 Å². The molecule has 1 aromatic carbocycles. The number of nitrogens with two attached hydrogens (primary N) is 1. The Morgan fingerprint density at radius 1 is 1.07 bits per heavy atom. The third-order valence-electron chi connectivity index (χ3n) is 1.86. The van der Waals surface area contributed by atoms with E-state index in [9.17, 15) is 10.2 Å². The Hall–Kier alpha value is -1.68. The smallest absolute Gasteiger partial charge is 0.119 e. The van der Waals surface area contributed by atoms with Gasteiger partial charge in [0.05, 0.1) is 10.6 Å². The van der Waals surface area contributed by atoms with Crippen molar-refractivity contribution in [2.45, 2.75) is 0 Å². The van der Waals surface area contributed by atoms with Crippen LogP contribution in [0.3, 0.4) is 0 Å². The summed E-state index contributed by atoms with van der Waals surface area (Å²) in [5.41, 5.74) is 7.10. The highest BCUT2D eigenvalue weighted by molar-refractivity contribution is 7.14. The zero-order chi connectivity index (χ0) is 10.1. The van der Waals surface area contributed by atoms with Crippen molar-refractivity contribution < 1.29 is 10.2 Å². The van der Waals surface area contributed by atoms with E-state index in [4.69, 9.17) is 5.73 Å². The van der Waals surface area contributed by atoms with E-state index in [-0.39, 0.29) is 11.5 Å². The maximum Gasteiger partial charge on any atom is 0.119 e. The lowest BCUT2D eigenvalue weighted by Crippen LogP contribution is -1.83. The van der Waals surface area contributed by atoms with Crippen LogP contribution in [0, 0.1) is 0 Å². The number of rotatable bonds is 1. The van der Waals surface area contributed by atoms with E-state index >= 15 is 0 Å². The second-order valence-corrected chi connectivity index (χ2v) is 3.86. The molecule has 0 fully saturated rings. The summed E-state index contributed by atoms with van der Waals surface area (Å²) < 4.78 is 0. The molecule has 0 bridgehead atoms. The molecule has 4 heteroatoms. The number of aromatic hydroxyl groups is 2. The van der Waals surface area contributed by atoms with Crippen LogP contribution in [0.25, 0.3) is 10.4 Å². The predicted octanol–water partition coefficient (Wildman–Crippen LogP) is 2.41. The lowest BCUT2D eigenvalue weighted by Gasteiger charge is -2.02. The minimum Gasteiger partial charge on any atom is -0.508 e. The van der Waals surface area contributed by atoms with Gasteiger partial charge in [-0.3, -0.25) is 0 Å². The molecule has 2 aromatic rings. The summed E-state index contributed by atoms with van der Waals surface area (Å²) in [5, 5.41) is 20.4. The van der Waals surface area contributed by atoms with Gasteiger partial charge in [-0.2, -0.15) is 0 Å². The highest BCUT2D eigenvalue weighted by Crippen LogP contribution is 2.35. The highest BCUT2D eigenvalue weighted by atomic mass is 32.1. The van der Waals surface area contributed by atoms with Crippen LogP contribution in [0.4, 0.5) is 5.69 Å². The SMILES string of the molecule is Nc1ccsc1-c1cc(O)cc(O)c1. The fourth-order valence-electron chi connectivity index (χ4n) is 1.28. The molecule has 0 saturated heterocycles. The van der Waals surface area contributed by atoms with Crippen LogP contribution in [0.5, 0.6) is 11.5 Å². The normalized spacial score (nSPS) is 10.3. The first-order valence-corrected chi connectivity index (χ1v) is 4.91. The Morgan fingerprint density at radius 3 is 2.21 bits per heavy atom. The van der Waals surface area contributed by atoms with Crippen molar-refractivity contribution in [1.29, 1.82) is 0 Å².